The number of nitrogens with one attached hydrogen (secondary N) is 1. The molecule has 4 rings (SSSR count). The van der Waals surface area contributed by atoms with E-state index < -0.39 is 21.2 Å². The molecule has 1 aromatic heterocycles. The number of thioether (sulfide) groups is 1. The summed E-state index contributed by atoms with van der Waals surface area (Å²) in [7, 11) is -4.09. The minimum atomic E-state index is -4.09. The van der Waals surface area contributed by atoms with Crippen molar-refractivity contribution in [2.24, 2.45) is 4.40 Å². The van der Waals surface area contributed by atoms with E-state index in [1.807, 2.05) is 25.1 Å². The summed E-state index contributed by atoms with van der Waals surface area (Å²) in [6.45, 7) is 1.87. The topological polar surface area (TPSA) is 95.9 Å². The lowest BCUT2D eigenvalue weighted by molar-refractivity contribution is -0.121. The molecule has 7 nitrogen and oxygen atoms in total. The molecule has 1 atom stereocenters. The van der Waals surface area contributed by atoms with Crippen LogP contribution < -0.4 is 10.2 Å². The van der Waals surface area contributed by atoms with Crippen molar-refractivity contribution in [3.63, 3.8) is 0 Å². The Balaban J connectivity index is 1.62. The molecule has 0 saturated carbocycles. The van der Waals surface area contributed by atoms with E-state index in [9.17, 15) is 18.0 Å². The Morgan fingerprint density at radius 3 is 2.45 bits per heavy atom. The second-order valence-electron chi connectivity index (χ2n) is 7.09. The lowest BCUT2D eigenvalue weighted by Crippen LogP contribution is -2.33. The first kappa shape index (κ1) is 23.5. The molecule has 1 saturated heterocycles. The van der Waals surface area contributed by atoms with Gasteiger partial charge in [-0.25, -0.2) is 0 Å². The molecule has 2 heterocycles. The SMILES string of the molecule is Cc1ccccc1NC(=O)CC1SC(=NS(=O)(=O)c2ccc(Cl)s2)N(c2ccccc2)C1=O. The van der Waals surface area contributed by atoms with Gasteiger partial charge in [0, 0.05) is 12.1 Å². The molecular formula is C22H18ClN3O4S3. The van der Waals surface area contributed by atoms with Crippen molar-refractivity contribution >= 4 is 73.1 Å². The van der Waals surface area contributed by atoms with Gasteiger partial charge in [0.1, 0.15) is 9.46 Å². The van der Waals surface area contributed by atoms with Gasteiger partial charge in [-0.3, -0.25) is 14.5 Å². The van der Waals surface area contributed by atoms with E-state index in [2.05, 4.69) is 9.71 Å². The summed E-state index contributed by atoms with van der Waals surface area (Å²) in [4.78, 5) is 27.1. The van der Waals surface area contributed by atoms with Crippen molar-refractivity contribution < 1.29 is 18.0 Å². The number of para-hydroxylation sites is 2. The van der Waals surface area contributed by atoms with Crippen molar-refractivity contribution in [3.8, 4) is 0 Å². The van der Waals surface area contributed by atoms with E-state index in [0.29, 0.717) is 15.7 Å². The van der Waals surface area contributed by atoms with Crippen LogP contribution in [0.3, 0.4) is 0 Å². The van der Waals surface area contributed by atoms with Crippen molar-refractivity contribution in [1.82, 2.24) is 0 Å². The van der Waals surface area contributed by atoms with Crippen LogP contribution in [0.15, 0.2) is 75.3 Å². The normalized spacial score (nSPS) is 17.5. The van der Waals surface area contributed by atoms with E-state index in [1.165, 1.54) is 17.0 Å². The molecule has 0 aliphatic carbocycles. The van der Waals surface area contributed by atoms with Crippen LogP contribution >= 0.6 is 34.7 Å². The Labute approximate surface area is 204 Å². The smallest absolute Gasteiger partial charge is 0.294 e. The fourth-order valence-corrected chi connectivity index (χ4v) is 6.94. The molecule has 1 unspecified atom stereocenters. The minimum Gasteiger partial charge on any atom is -0.326 e. The van der Waals surface area contributed by atoms with Crippen LogP contribution in [0.4, 0.5) is 11.4 Å². The van der Waals surface area contributed by atoms with Crippen LogP contribution in [0.5, 0.6) is 0 Å². The van der Waals surface area contributed by atoms with Crippen LogP contribution in [0.1, 0.15) is 12.0 Å². The Morgan fingerprint density at radius 2 is 1.79 bits per heavy atom. The Kier molecular flexibility index (Phi) is 6.89. The summed E-state index contributed by atoms with van der Waals surface area (Å²) in [5, 5.41) is 1.98. The number of thiophene rings is 1. The van der Waals surface area contributed by atoms with E-state index in [1.54, 1.807) is 36.4 Å². The van der Waals surface area contributed by atoms with E-state index in [0.717, 1.165) is 28.7 Å². The van der Waals surface area contributed by atoms with Crippen molar-refractivity contribution in [1.29, 1.82) is 0 Å². The first-order chi connectivity index (χ1) is 15.7. The summed E-state index contributed by atoms with van der Waals surface area (Å²) in [6, 6.07) is 18.8. The van der Waals surface area contributed by atoms with Gasteiger partial charge in [-0.15, -0.1) is 15.7 Å². The van der Waals surface area contributed by atoms with E-state index in [4.69, 9.17) is 11.6 Å². The number of hydrogen-bond donors (Lipinski definition) is 1. The Morgan fingerprint density at radius 1 is 1.09 bits per heavy atom. The third kappa shape index (κ3) is 5.30. The molecule has 2 aromatic carbocycles. The average Bonchev–Trinajstić information content (AvgIpc) is 3.34. The van der Waals surface area contributed by atoms with Crippen molar-refractivity contribution in [3.05, 3.63) is 76.6 Å². The second-order valence-corrected chi connectivity index (χ2v) is 11.8. The van der Waals surface area contributed by atoms with E-state index >= 15 is 0 Å². The molecule has 170 valence electrons. The molecule has 33 heavy (non-hydrogen) atoms. The summed E-state index contributed by atoms with van der Waals surface area (Å²) < 4.78 is 29.9. The molecule has 1 N–H and O–H groups in total. The number of carbonyl (C=O) groups excluding carboxylic acids is 2. The fourth-order valence-electron chi connectivity index (χ4n) is 3.14. The highest BCUT2D eigenvalue weighted by molar-refractivity contribution is 8.16. The van der Waals surface area contributed by atoms with Crippen LogP contribution in [0, 0.1) is 6.92 Å². The Bertz CT molecular complexity index is 1340. The van der Waals surface area contributed by atoms with Gasteiger partial charge in [0.05, 0.1) is 10.0 Å². The first-order valence-electron chi connectivity index (χ1n) is 9.76. The zero-order valence-electron chi connectivity index (χ0n) is 17.3. The van der Waals surface area contributed by atoms with Crippen LogP contribution in [-0.4, -0.2) is 30.6 Å². The average molecular weight is 520 g/mol. The maximum absolute atomic E-state index is 13.2. The molecule has 11 heteroatoms. The fraction of sp³-hybridized carbons (Fsp3) is 0.136. The molecule has 1 aliphatic rings. The van der Waals surface area contributed by atoms with Crippen molar-refractivity contribution in [2.45, 2.75) is 22.8 Å². The number of aryl methyl sites for hydroxylation is 1. The molecule has 2 amide bonds. The maximum Gasteiger partial charge on any atom is 0.294 e. The zero-order valence-corrected chi connectivity index (χ0v) is 20.5. The molecule has 1 fully saturated rings. The third-order valence-electron chi connectivity index (χ3n) is 4.74. The van der Waals surface area contributed by atoms with Gasteiger partial charge in [-0.1, -0.05) is 59.8 Å². The van der Waals surface area contributed by atoms with Gasteiger partial charge in [0.25, 0.3) is 10.0 Å². The summed E-state index contributed by atoms with van der Waals surface area (Å²) >= 11 is 7.71. The van der Waals surface area contributed by atoms with Crippen LogP contribution in [0.2, 0.25) is 4.34 Å². The summed E-state index contributed by atoms with van der Waals surface area (Å²) in [5.41, 5.74) is 2.02. The second kappa shape index (κ2) is 9.68. The van der Waals surface area contributed by atoms with Gasteiger partial charge in [-0.2, -0.15) is 8.42 Å². The molecule has 0 spiro atoms. The molecule has 3 aromatic rings. The highest BCUT2D eigenvalue weighted by atomic mass is 35.5. The number of sulfonamides is 1. The van der Waals surface area contributed by atoms with Gasteiger partial charge in [0.2, 0.25) is 11.8 Å². The first-order valence-corrected chi connectivity index (χ1v) is 13.3. The minimum absolute atomic E-state index is 0.00980. The number of nitrogens with zero attached hydrogens (tertiary/aromatic N) is 2. The predicted molar refractivity (Wildman–Crippen MR) is 134 cm³/mol. The molecule has 0 radical (unpaired) electrons. The van der Waals surface area contributed by atoms with Crippen molar-refractivity contribution in [2.75, 3.05) is 10.2 Å². The summed E-state index contributed by atoms with van der Waals surface area (Å²) in [5.74, 6) is -0.762. The monoisotopic (exact) mass is 519 g/mol. The van der Waals surface area contributed by atoms with Gasteiger partial charge in [-0.05, 0) is 42.8 Å². The molecular weight excluding hydrogens is 502 g/mol. The van der Waals surface area contributed by atoms with Gasteiger partial charge in [0.15, 0.2) is 5.17 Å². The van der Waals surface area contributed by atoms with Gasteiger partial charge < -0.3 is 5.32 Å². The largest absolute Gasteiger partial charge is 0.326 e. The number of halogens is 1. The maximum atomic E-state index is 13.2. The summed E-state index contributed by atoms with van der Waals surface area (Å²) in [6.07, 6.45) is -0.134. The Hall–Kier alpha value is -2.66. The number of benzene rings is 2. The standard InChI is InChI=1S/C22H18ClN3O4S3/c1-14-7-5-6-10-16(14)24-19(27)13-17-21(28)26(15-8-3-2-4-9-15)22(31-17)25-33(29,30)20-12-11-18(23)32-20/h2-12,17H,13H2,1H3,(H,24,27). The number of hydrogen-bond acceptors (Lipinski definition) is 6. The zero-order chi connectivity index (χ0) is 23.6. The highest BCUT2D eigenvalue weighted by Gasteiger charge is 2.41. The lowest BCUT2D eigenvalue weighted by atomic mass is 10.2. The number of amides is 2. The molecule has 0 bridgehead atoms. The number of carbonyl (C=O) groups is 2. The number of amidine groups is 1. The number of anilines is 2. The quantitative estimate of drug-likeness (QED) is 0.498. The van der Waals surface area contributed by atoms with Gasteiger partial charge >= 0.3 is 0 Å². The predicted octanol–water partition coefficient (Wildman–Crippen LogP) is 4.93. The van der Waals surface area contributed by atoms with Crippen LogP contribution in [0.25, 0.3) is 0 Å². The molecule has 1 aliphatic heterocycles. The van der Waals surface area contributed by atoms with E-state index in [-0.39, 0.29) is 21.7 Å². The third-order valence-corrected chi connectivity index (χ3v) is 8.96. The number of rotatable bonds is 6. The van der Waals surface area contributed by atoms with Crippen LogP contribution in [-0.2, 0) is 19.6 Å². The lowest BCUT2D eigenvalue weighted by Gasteiger charge is -2.16. The highest BCUT2D eigenvalue weighted by Crippen LogP contribution is 2.36.